The number of nitrogens with zero attached hydrogens (tertiary/aromatic N) is 1. The topological polar surface area (TPSA) is 93.2 Å². The summed E-state index contributed by atoms with van der Waals surface area (Å²) < 4.78 is 6.30. The van der Waals surface area contributed by atoms with E-state index >= 15 is 0 Å². The van der Waals surface area contributed by atoms with Crippen LogP contribution in [0.2, 0.25) is 0 Å². The Bertz CT molecular complexity index is 689. The van der Waals surface area contributed by atoms with Crippen LogP contribution in [0.1, 0.15) is 39.3 Å². The van der Waals surface area contributed by atoms with Crippen LogP contribution in [0.15, 0.2) is 15.8 Å². The molecule has 1 rings (SSSR count). The van der Waals surface area contributed by atoms with Gasteiger partial charge in [-0.1, -0.05) is 25.7 Å². The van der Waals surface area contributed by atoms with Crippen molar-refractivity contribution >= 4 is 6.09 Å². The average molecular weight is 307 g/mol. The molecule has 0 aliphatic heterocycles. The average Bonchev–Trinajstić information content (AvgIpc) is 2.42. The summed E-state index contributed by atoms with van der Waals surface area (Å²) in [4.78, 5) is 36.7. The first-order valence-corrected chi connectivity index (χ1v) is 7.06. The number of carbonyl (C=O) groups excluding carboxylic acids is 1. The minimum atomic E-state index is -0.552. The summed E-state index contributed by atoms with van der Waals surface area (Å²) in [5, 5.41) is 2.46. The van der Waals surface area contributed by atoms with Crippen LogP contribution >= 0.6 is 0 Å². The lowest BCUT2D eigenvalue weighted by molar-refractivity contribution is 0.134. The van der Waals surface area contributed by atoms with Crippen molar-refractivity contribution in [3.8, 4) is 11.8 Å². The van der Waals surface area contributed by atoms with Gasteiger partial charge in [0.25, 0.3) is 5.56 Å². The second-order valence-corrected chi connectivity index (χ2v) is 5.45. The molecule has 22 heavy (non-hydrogen) atoms. The molecule has 0 bridgehead atoms. The van der Waals surface area contributed by atoms with Crippen molar-refractivity contribution in [1.29, 1.82) is 0 Å². The third kappa shape index (κ3) is 5.48. The number of nitrogens with one attached hydrogen (secondary N) is 2. The molecule has 0 spiro atoms. The lowest BCUT2D eigenvalue weighted by atomic mass is 10.2. The summed E-state index contributed by atoms with van der Waals surface area (Å²) >= 11 is 0. The van der Waals surface area contributed by atoms with Crippen molar-refractivity contribution in [2.24, 2.45) is 5.92 Å². The van der Waals surface area contributed by atoms with E-state index in [1.807, 2.05) is 27.7 Å². The maximum atomic E-state index is 11.6. The zero-order chi connectivity index (χ0) is 16.7. The molecule has 1 aromatic rings. The van der Waals surface area contributed by atoms with E-state index in [0.717, 1.165) is 0 Å². The number of aromatic nitrogens is 2. The molecule has 0 unspecified atom stereocenters. The lowest BCUT2D eigenvalue weighted by Gasteiger charge is -2.08. The molecular formula is C15H21N3O4. The van der Waals surface area contributed by atoms with Crippen LogP contribution in [0.4, 0.5) is 4.79 Å². The molecule has 0 aliphatic carbocycles. The van der Waals surface area contributed by atoms with Crippen LogP contribution in [-0.2, 0) is 4.74 Å². The number of ether oxygens (including phenoxy) is 1. The second-order valence-electron chi connectivity index (χ2n) is 5.45. The van der Waals surface area contributed by atoms with E-state index in [4.69, 9.17) is 4.74 Å². The first-order chi connectivity index (χ1) is 10.3. The summed E-state index contributed by atoms with van der Waals surface area (Å²) in [6.45, 7) is 7.90. The number of hydrogen-bond donors (Lipinski definition) is 2. The first-order valence-electron chi connectivity index (χ1n) is 7.06. The molecule has 0 aliphatic rings. The number of H-pyrrole nitrogens is 1. The number of amides is 1. The molecule has 7 heteroatoms. The van der Waals surface area contributed by atoms with Gasteiger partial charge in [-0.05, 0) is 19.8 Å². The van der Waals surface area contributed by atoms with E-state index < -0.39 is 17.3 Å². The highest BCUT2D eigenvalue weighted by Gasteiger charge is 2.05. The highest BCUT2D eigenvalue weighted by molar-refractivity contribution is 5.67. The summed E-state index contributed by atoms with van der Waals surface area (Å²) in [7, 11) is 0. The zero-order valence-electron chi connectivity index (χ0n) is 13.2. The molecule has 0 aromatic carbocycles. The van der Waals surface area contributed by atoms with Gasteiger partial charge in [0.1, 0.15) is 5.56 Å². The van der Waals surface area contributed by atoms with E-state index in [1.54, 1.807) is 0 Å². The predicted octanol–water partition coefficient (Wildman–Crippen LogP) is 0.851. The largest absolute Gasteiger partial charge is 0.449 e. The van der Waals surface area contributed by atoms with Gasteiger partial charge in [0.05, 0.1) is 13.2 Å². The smallest absolute Gasteiger partial charge is 0.407 e. The van der Waals surface area contributed by atoms with E-state index in [1.165, 1.54) is 10.8 Å². The van der Waals surface area contributed by atoms with E-state index in [9.17, 15) is 14.4 Å². The fourth-order valence-corrected chi connectivity index (χ4v) is 1.51. The Hall–Kier alpha value is -2.49. The monoisotopic (exact) mass is 307 g/mol. The molecule has 0 atom stereocenters. The molecular weight excluding hydrogens is 286 g/mol. The van der Waals surface area contributed by atoms with Gasteiger partial charge in [-0.2, -0.15) is 0 Å². The van der Waals surface area contributed by atoms with Crippen molar-refractivity contribution in [3.05, 3.63) is 32.6 Å². The maximum Gasteiger partial charge on any atom is 0.407 e. The summed E-state index contributed by atoms with van der Waals surface area (Å²) in [5.74, 6) is 5.54. The molecule has 120 valence electrons. The zero-order valence-corrected chi connectivity index (χ0v) is 13.2. The van der Waals surface area contributed by atoms with Crippen LogP contribution in [0.5, 0.6) is 0 Å². The van der Waals surface area contributed by atoms with E-state index in [0.29, 0.717) is 6.61 Å². The van der Waals surface area contributed by atoms with Crippen LogP contribution < -0.4 is 16.6 Å². The summed E-state index contributed by atoms with van der Waals surface area (Å²) in [5.41, 5.74) is -0.844. The number of aromatic amines is 1. The molecule has 1 amide bonds. The molecule has 7 nitrogen and oxygen atoms in total. The normalized spacial score (nSPS) is 10.3. The summed E-state index contributed by atoms with van der Waals surface area (Å²) in [6.07, 6.45) is 0.861. The lowest BCUT2D eigenvalue weighted by Crippen LogP contribution is -2.32. The number of alkyl carbamates (subject to hydrolysis) is 1. The minimum absolute atomic E-state index is 0.0528. The summed E-state index contributed by atoms with van der Waals surface area (Å²) in [6, 6.07) is -0.0889. The van der Waals surface area contributed by atoms with Crippen LogP contribution in [0, 0.1) is 17.8 Å². The molecule has 2 N–H and O–H groups in total. The Kier molecular flexibility index (Phi) is 6.45. The molecule has 0 saturated carbocycles. The maximum absolute atomic E-state index is 11.6. The van der Waals surface area contributed by atoms with Gasteiger partial charge < -0.3 is 10.1 Å². The number of rotatable bonds is 4. The van der Waals surface area contributed by atoms with E-state index in [-0.39, 0.29) is 24.1 Å². The molecule has 0 saturated heterocycles. The van der Waals surface area contributed by atoms with Gasteiger partial charge >= 0.3 is 11.8 Å². The molecule has 0 radical (unpaired) electrons. The van der Waals surface area contributed by atoms with Gasteiger partial charge in [-0.15, -0.1) is 0 Å². The van der Waals surface area contributed by atoms with Crippen molar-refractivity contribution in [1.82, 2.24) is 14.9 Å². The standard InChI is InChI=1S/C15H21N3O4/c1-10(2)9-22-15(21)16-7-5-6-12-8-18(11(3)4)14(20)17-13(12)19/h8,10-11H,7,9H2,1-4H3,(H,16,21)(H,17,19,20). The Morgan fingerprint density at radius 1 is 1.36 bits per heavy atom. The number of carbonyl (C=O) groups is 1. The van der Waals surface area contributed by atoms with Gasteiger partial charge in [-0.3, -0.25) is 14.3 Å². The fourth-order valence-electron chi connectivity index (χ4n) is 1.51. The highest BCUT2D eigenvalue weighted by atomic mass is 16.5. The SMILES string of the molecule is CC(C)COC(=O)NCC#Cc1cn(C(C)C)c(=O)[nH]c1=O. The van der Waals surface area contributed by atoms with Crippen LogP contribution in [0.3, 0.4) is 0 Å². The fraction of sp³-hybridized carbons (Fsp3) is 0.533. The molecule has 1 aromatic heterocycles. The minimum Gasteiger partial charge on any atom is -0.449 e. The third-order valence-electron chi connectivity index (χ3n) is 2.62. The van der Waals surface area contributed by atoms with Crippen molar-refractivity contribution in [2.45, 2.75) is 33.7 Å². The van der Waals surface area contributed by atoms with Crippen molar-refractivity contribution in [3.63, 3.8) is 0 Å². The van der Waals surface area contributed by atoms with Gasteiger partial charge in [0.2, 0.25) is 0 Å². The Morgan fingerprint density at radius 3 is 2.64 bits per heavy atom. The molecule has 1 heterocycles. The number of hydrogen-bond acceptors (Lipinski definition) is 4. The van der Waals surface area contributed by atoms with Crippen LogP contribution in [0.25, 0.3) is 0 Å². The van der Waals surface area contributed by atoms with Crippen LogP contribution in [-0.4, -0.2) is 28.8 Å². The van der Waals surface area contributed by atoms with E-state index in [2.05, 4.69) is 22.1 Å². The third-order valence-corrected chi connectivity index (χ3v) is 2.62. The van der Waals surface area contributed by atoms with Gasteiger partial charge in [-0.25, -0.2) is 9.59 Å². The highest BCUT2D eigenvalue weighted by Crippen LogP contribution is 1.98. The Balaban J connectivity index is 2.69. The molecule has 0 fully saturated rings. The van der Waals surface area contributed by atoms with Gasteiger partial charge in [0.15, 0.2) is 0 Å². The van der Waals surface area contributed by atoms with Crippen molar-refractivity contribution < 1.29 is 9.53 Å². The Morgan fingerprint density at radius 2 is 2.05 bits per heavy atom. The van der Waals surface area contributed by atoms with Gasteiger partial charge in [0, 0.05) is 12.2 Å². The Labute approximate surface area is 128 Å². The van der Waals surface area contributed by atoms with Crippen molar-refractivity contribution in [2.75, 3.05) is 13.2 Å². The predicted molar refractivity (Wildman–Crippen MR) is 82.8 cm³/mol. The first kappa shape index (κ1) is 17.6. The quantitative estimate of drug-likeness (QED) is 0.807. The second kappa shape index (κ2) is 8.08.